The van der Waals surface area contributed by atoms with E-state index in [4.69, 9.17) is 16.3 Å². The first-order chi connectivity index (χ1) is 12.6. The highest BCUT2D eigenvalue weighted by atomic mass is 35.5. The average molecular weight is 395 g/mol. The standard InChI is InChI=1S/C19H23ClN2O3S/c1-2-25-18(24)12-22-15-9-8-14(20)11-16(15)26-19(22)21-17(23)10-7-13-5-3-4-6-13/h8-9,11,13H,2-7,10,12H2,1H3. The fraction of sp³-hybridized carbons (Fsp3) is 0.526. The zero-order chi connectivity index (χ0) is 18.5. The van der Waals surface area contributed by atoms with Crippen LogP contribution >= 0.6 is 22.9 Å². The number of esters is 1. The first-order valence-electron chi connectivity index (χ1n) is 9.09. The number of ether oxygens (including phenoxy) is 1. The Hall–Kier alpha value is -1.66. The Kier molecular flexibility index (Phi) is 6.48. The third kappa shape index (κ3) is 4.74. The highest BCUT2D eigenvalue weighted by Crippen LogP contribution is 2.28. The minimum absolute atomic E-state index is 0.0320. The first-order valence-corrected chi connectivity index (χ1v) is 10.3. The Balaban J connectivity index is 1.86. The van der Waals surface area contributed by atoms with Gasteiger partial charge >= 0.3 is 5.97 Å². The number of hydrogen-bond acceptors (Lipinski definition) is 4. The Morgan fingerprint density at radius 1 is 1.35 bits per heavy atom. The van der Waals surface area contributed by atoms with E-state index in [2.05, 4.69) is 4.99 Å². The molecular weight excluding hydrogens is 372 g/mol. The summed E-state index contributed by atoms with van der Waals surface area (Å²) >= 11 is 7.44. The van der Waals surface area contributed by atoms with Gasteiger partial charge in [-0.15, -0.1) is 0 Å². The molecule has 0 spiro atoms. The summed E-state index contributed by atoms with van der Waals surface area (Å²) in [6, 6.07) is 5.44. The Morgan fingerprint density at radius 2 is 2.12 bits per heavy atom. The van der Waals surface area contributed by atoms with Crippen molar-refractivity contribution >= 4 is 45.0 Å². The summed E-state index contributed by atoms with van der Waals surface area (Å²) in [7, 11) is 0. The molecule has 0 atom stereocenters. The van der Waals surface area contributed by atoms with Crippen LogP contribution in [-0.4, -0.2) is 23.1 Å². The second-order valence-electron chi connectivity index (χ2n) is 6.58. The number of nitrogens with zero attached hydrogens (tertiary/aromatic N) is 2. The maximum absolute atomic E-state index is 12.4. The average Bonchev–Trinajstić information content (AvgIpc) is 3.22. The molecule has 1 aromatic carbocycles. The number of aromatic nitrogens is 1. The van der Waals surface area contributed by atoms with Gasteiger partial charge in [0, 0.05) is 11.4 Å². The van der Waals surface area contributed by atoms with E-state index in [9.17, 15) is 9.59 Å². The normalized spacial score (nSPS) is 15.7. The molecule has 0 bridgehead atoms. The van der Waals surface area contributed by atoms with Gasteiger partial charge in [0.1, 0.15) is 6.54 Å². The molecule has 1 fully saturated rings. The predicted octanol–water partition coefficient (Wildman–Crippen LogP) is 4.32. The molecule has 0 unspecified atom stereocenters. The summed E-state index contributed by atoms with van der Waals surface area (Å²) in [5.74, 6) is 0.177. The van der Waals surface area contributed by atoms with Crippen molar-refractivity contribution in [1.29, 1.82) is 0 Å². The molecule has 0 radical (unpaired) electrons. The lowest BCUT2D eigenvalue weighted by molar-refractivity contribution is -0.143. The molecule has 1 aromatic heterocycles. The topological polar surface area (TPSA) is 60.7 Å². The van der Waals surface area contributed by atoms with Gasteiger partial charge in [-0.05, 0) is 37.5 Å². The van der Waals surface area contributed by atoms with Crippen molar-refractivity contribution in [3.05, 3.63) is 28.0 Å². The smallest absolute Gasteiger partial charge is 0.326 e. The fourth-order valence-electron chi connectivity index (χ4n) is 3.41. The summed E-state index contributed by atoms with van der Waals surface area (Å²) in [4.78, 5) is 29.1. The third-order valence-corrected chi connectivity index (χ3v) is 5.98. The predicted molar refractivity (Wildman–Crippen MR) is 103 cm³/mol. The van der Waals surface area contributed by atoms with Gasteiger partial charge in [0.05, 0.1) is 16.8 Å². The van der Waals surface area contributed by atoms with Gasteiger partial charge in [0.2, 0.25) is 5.91 Å². The number of fused-ring (bicyclic) bond motifs is 1. The van der Waals surface area contributed by atoms with E-state index < -0.39 is 0 Å². The van der Waals surface area contributed by atoms with Crippen LogP contribution in [-0.2, 0) is 20.9 Å². The summed E-state index contributed by atoms with van der Waals surface area (Å²) in [6.45, 7) is 2.12. The van der Waals surface area contributed by atoms with E-state index in [1.54, 1.807) is 17.6 Å². The SMILES string of the molecule is CCOC(=O)Cn1c(=NC(=O)CCC2CCCC2)sc2cc(Cl)ccc21. The van der Waals surface area contributed by atoms with Gasteiger partial charge in [-0.1, -0.05) is 48.6 Å². The molecule has 140 valence electrons. The summed E-state index contributed by atoms with van der Waals surface area (Å²) in [6.07, 6.45) is 6.34. The number of benzene rings is 1. The van der Waals surface area contributed by atoms with E-state index in [0.717, 1.165) is 16.6 Å². The van der Waals surface area contributed by atoms with Crippen LogP contribution in [0.1, 0.15) is 45.4 Å². The van der Waals surface area contributed by atoms with Gasteiger partial charge in [-0.25, -0.2) is 0 Å². The molecule has 1 aliphatic rings. The van der Waals surface area contributed by atoms with Crippen molar-refractivity contribution in [1.82, 2.24) is 4.57 Å². The minimum Gasteiger partial charge on any atom is -0.465 e. The van der Waals surface area contributed by atoms with Crippen LogP contribution < -0.4 is 4.80 Å². The molecule has 0 aliphatic heterocycles. The van der Waals surface area contributed by atoms with Crippen molar-refractivity contribution in [2.45, 2.75) is 52.0 Å². The number of amides is 1. The second-order valence-corrected chi connectivity index (χ2v) is 8.03. The second kappa shape index (κ2) is 8.82. The van der Waals surface area contributed by atoms with Crippen LogP contribution in [0, 0.1) is 5.92 Å². The van der Waals surface area contributed by atoms with Gasteiger partial charge in [-0.2, -0.15) is 4.99 Å². The quantitative estimate of drug-likeness (QED) is 0.685. The zero-order valence-corrected chi connectivity index (χ0v) is 16.4. The van der Waals surface area contributed by atoms with Crippen LogP contribution in [0.25, 0.3) is 10.2 Å². The van der Waals surface area contributed by atoms with E-state index in [0.29, 0.717) is 28.8 Å². The molecule has 7 heteroatoms. The molecule has 1 heterocycles. The van der Waals surface area contributed by atoms with Crippen molar-refractivity contribution in [3.8, 4) is 0 Å². The Labute approximate surface area is 161 Å². The number of hydrogen-bond donors (Lipinski definition) is 0. The molecule has 26 heavy (non-hydrogen) atoms. The van der Waals surface area contributed by atoms with Gasteiger partial charge < -0.3 is 9.30 Å². The number of rotatable bonds is 6. The lowest BCUT2D eigenvalue weighted by Crippen LogP contribution is -2.23. The summed E-state index contributed by atoms with van der Waals surface area (Å²) in [5.41, 5.74) is 0.829. The van der Waals surface area contributed by atoms with Crippen molar-refractivity contribution in [2.75, 3.05) is 6.61 Å². The molecule has 1 aliphatic carbocycles. The highest BCUT2D eigenvalue weighted by Gasteiger charge is 2.17. The van der Waals surface area contributed by atoms with Crippen LogP contribution in [0.3, 0.4) is 0 Å². The van der Waals surface area contributed by atoms with Crippen LogP contribution in [0.5, 0.6) is 0 Å². The first kappa shape index (κ1) is 19.1. The van der Waals surface area contributed by atoms with E-state index in [1.165, 1.54) is 37.0 Å². The zero-order valence-electron chi connectivity index (χ0n) is 14.9. The molecule has 5 nitrogen and oxygen atoms in total. The monoisotopic (exact) mass is 394 g/mol. The highest BCUT2D eigenvalue weighted by molar-refractivity contribution is 7.16. The fourth-order valence-corrected chi connectivity index (χ4v) is 4.73. The maximum Gasteiger partial charge on any atom is 0.326 e. The number of thiazole rings is 1. The lowest BCUT2D eigenvalue weighted by Gasteiger charge is -2.06. The molecule has 3 rings (SSSR count). The molecule has 1 saturated carbocycles. The van der Waals surface area contributed by atoms with Gasteiger partial charge in [0.25, 0.3) is 0 Å². The minimum atomic E-state index is -0.345. The third-order valence-electron chi connectivity index (χ3n) is 4.70. The van der Waals surface area contributed by atoms with E-state index >= 15 is 0 Å². The molecule has 1 amide bonds. The summed E-state index contributed by atoms with van der Waals surface area (Å²) < 4.78 is 7.69. The van der Waals surface area contributed by atoms with Crippen molar-refractivity contribution < 1.29 is 14.3 Å². The number of carbonyl (C=O) groups is 2. The molecule has 2 aromatic rings. The van der Waals surface area contributed by atoms with Crippen LogP contribution in [0.2, 0.25) is 5.02 Å². The molecule has 0 saturated heterocycles. The molecule has 0 N–H and O–H groups in total. The van der Waals surface area contributed by atoms with Crippen molar-refractivity contribution in [2.24, 2.45) is 10.9 Å². The van der Waals surface area contributed by atoms with Gasteiger partial charge in [-0.3, -0.25) is 9.59 Å². The Bertz CT molecular complexity index is 865. The van der Waals surface area contributed by atoms with Crippen LogP contribution in [0.4, 0.5) is 0 Å². The maximum atomic E-state index is 12.4. The molecular formula is C19H23ClN2O3S. The van der Waals surface area contributed by atoms with Crippen LogP contribution in [0.15, 0.2) is 23.2 Å². The van der Waals surface area contributed by atoms with E-state index in [1.807, 2.05) is 12.1 Å². The number of carbonyl (C=O) groups excluding carboxylic acids is 2. The van der Waals surface area contributed by atoms with Crippen molar-refractivity contribution in [3.63, 3.8) is 0 Å². The largest absolute Gasteiger partial charge is 0.465 e. The Morgan fingerprint density at radius 3 is 2.85 bits per heavy atom. The van der Waals surface area contributed by atoms with E-state index in [-0.39, 0.29) is 18.4 Å². The van der Waals surface area contributed by atoms with Gasteiger partial charge in [0.15, 0.2) is 4.80 Å². The number of halogens is 1. The lowest BCUT2D eigenvalue weighted by atomic mass is 10.0. The summed E-state index contributed by atoms with van der Waals surface area (Å²) in [5, 5.41) is 0.612.